The summed E-state index contributed by atoms with van der Waals surface area (Å²) in [7, 11) is 0. The topological polar surface area (TPSA) is 115 Å². The predicted molar refractivity (Wildman–Crippen MR) is 78.6 cm³/mol. The highest BCUT2D eigenvalue weighted by Crippen LogP contribution is 2.28. The van der Waals surface area contributed by atoms with Crippen LogP contribution in [-0.2, 0) is 6.54 Å². The summed E-state index contributed by atoms with van der Waals surface area (Å²) in [5.41, 5.74) is 11.5. The molecule has 1 saturated heterocycles. The quantitative estimate of drug-likeness (QED) is 0.617. The van der Waals surface area contributed by atoms with E-state index in [0.717, 1.165) is 13.0 Å². The molecule has 1 aromatic carbocycles. The lowest BCUT2D eigenvalue weighted by Crippen LogP contribution is -2.27. The molecule has 2 atom stereocenters. The van der Waals surface area contributed by atoms with Crippen LogP contribution in [-0.4, -0.2) is 34.9 Å². The number of likely N-dealkylation sites (tertiary alicyclic amines) is 1. The van der Waals surface area contributed by atoms with E-state index in [2.05, 4.69) is 11.8 Å². The smallest absolute Gasteiger partial charge is 0.274 e. The van der Waals surface area contributed by atoms with Crippen LogP contribution in [0, 0.1) is 16.0 Å². The Hall–Kier alpha value is -1.99. The van der Waals surface area contributed by atoms with E-state index < -0.39 is 10.8 Å². The lowest BCUT2D eigenvalue weighted by atomic mass is 10.1. The van der Waals surface area contributed by atoms with E-state index in [4.69, 9.17) is 11.5 Å². The highest BCUT2D eigenvalue weighted by molar-refractivity contribution is 5.93. The molecular formula is C14H20N4O3. The Balaban J connectivity index is 2.23. The molecule has 1 aliphatic rings. The van der Waals surface area contributed by atoms with Crippen molar-refractivity contribution in [1.82, 2.24) is 4.90 Å². The fraction of sp³-hybridized carbons (Fsp3) is 0.500. The van der Waals surface area contributed by atoms with Crippen LogP contribution in [0.25, 0.3) is 0 Å². The van der Waals surface area contributed by atoms with Crippen LogP contribution in [0.2, 0.25) is 0 Å². The average Bonchev–Trinajstić information content (AvgIpc) is 2.79. The van der Waals surface area contributed by atoms with Gasteiger partial charge in [0.15, 0.2) is 0 Å². The molecule has 2 rings (SSSR count). The third-order valence-electron chi connectivity index (χ3n) is 4.06. The largest absolute Gasteiger partial charge is 0.366 e. The third kappa shape index (κ3) is 3.37. The molecule has 2 unspecified atom stereocenters. The summed E-state index contributed by atoms with van der Waals surface area (Å²) in [5, 5.41) is 11.2. The summed E-state index contributed by atoms with van der Waals surface area (Å²) in [6, 6.07) is 4.74. The first-order valence-corrected chi connectivity index (χ1v) is 6.93. The summed E-state index contributed by atoms with van der Waals surface area (Å²) >= 11 is 0. The molecule has 1 heterocycles. The van der Waals surface area contributed by atoms with Crippen molar-refractivity contribution < 1.29 is 9.72 Å². The number of rotatable bonds is 5. The van der Waals surface area contributed by atoms with Crippen molar-refractivity contribution in [3.05, 3.63) is 39.4 Å². The van der Waals surface area contributed by atoms with Gasteiger partial charge in [-0.1, -0.05) is 6.07 Å². The standard InChI is InChI=1S/C14H20N4O3/c1-9-4-10(6-15)7-17(9)8-12-3-2-11(14(16)19)5-13(12)18(20)21/h2-3,5,9-10H,4,6-8,15H2,1H3,(H2,16,19). The number of hydrogen-bond acceptors (Lipinski definition) is 5. The number of carbonyl (C=O) groups excluding carboxylic acids is 1. The average molecular weight is 292 g/mol. The van der Waals surface area contributed by atoms with Crippen molar-refractivity contribution in [2.75, 3.05) is 13.1 Å². The first-order chi connectivity index (χ1) is 9.92. The first-order valence-electron chi connectivity index (χ1n) is 6.93. The molecule has 1 aromatic rings. The Morgan fingerprint density at radius 3 is 2.76 bits per heavy atom. The van der Waals surface area contributed by atoms with Gasteiger partial charge in [0, 0.05) is 36.3 Å². The maximum absolute atomic E-state index is 11.2. The van der Waals surface area contributed by atoms with Gasteiger partial charge in [-0.15, -0.1) is 0 Å². The predicted octanol–water partition coefficient (Wildman–Crippen LogP) is 0.863. The summed E-state index contributed by atoms with van der Waals surface area (Å²) in [6.07, 6.45) is 1.00. The van der Waals surface area contributed by atoms with Crippen molar-refractivity contribution in [2.45, 2.75) is 25.9 Å². The van der Waals surface area contributed by atoms with Gasteiger partial charge in [0.1, 0.15) is 0 Å². The van der Waals surface area contributed by atoms with Crippen LogP contribution in [0.3, 0.4) is 0 Å². The molecule has 114 valence electrons. The molecule has 21 heavy (non-hydrogen) atoms. The minimum absolute atomic E-state index is 0.0605. The Morgan fingerprint density at radius 1 is 1.52 bits per heavy atom. The molecule has 0 saturated carbocycles. The monoisotopic (exact) mass is 292 g/mol. The SMILES string of the molecule is CC1CC(CN)CN1Cc1ccc(C(N)=O)cc1[N+](=O)[O-]. The molecule has 7 nitrogen and oxygen atoms in total. The molecule has 1 aliphatic heterocycles. The molecule has 1 amide bonds. The van der Waals surface area contributed by atoms with Gasteiger partial charge >= 0.3 is 0 Å². The highest BCUT2D eigenvalue weighted by atomic mass is 16.6. The van der Waals surface area contributed by atoms with Gasteiger partial charge in [0.2, 0.25) is 5.91 Å². The van der Waals surface area contributed by atoms with Crippen molar-refractivity contribution >= 4 is 11.6 Å². The van der Waals surface area contributed by atoms with Gasteiger partial charge in [-0.05, 0) is 31.9 Å². The minimum Gasteiger partial charge on any atom is -0.366 e. The van der Waals surface area contributed by atoms with Gasteiger partial charge in [0.25, 0.3) is 5.69 Å². The number of carbonyl (C=O) groups is 1. The summed E-state index contributed by atoms with van der Waals surface area (Å²) in [6.45, 7) is 4.04. The lowest BCUT2D eigenvalue weighted by molar-refractivity contribution is -0.385. The van der Waals surface area contributed by atoms with Gasteiger partial charge in [-0.3, -0.25) is 19.8 Å². The van der Waals surface area contributed by atoms with E-state index in [1.807, 2.05) is 0 Å². The minimum atomic E-state index is -0.664. The molecule has 7 heteroatoms. The number of amides is 1. The number of nitrogens with zero attached hydrogens (tertiary/aromatic N) is 2. The van der Waals surface area contributed by atoms with E-state index in [1.54, 1.807) is 6.07 Å². The van der Waals surface area contributed by atoms with Crippen molar-refractivity contribution in [3.63, 3.8) is 0 Å². The Bertz CT molecular complexity index is 561. The second-order valence-electron chi connectivity index (χ2n) is 5.58. The van der Waals surface area contributed by atoms with Crippen LogP contribution in [0.4, 0.5) is 5.69 Å². The fourth-order valence-electron chi connectivity index (χ4n) is 2.85. The normalized spacial score (nSPS) is 22.4. The Morgan fingerprint density at radius 2 is 2.24 bits per heavy atom. The molecular weight excluding hydrogens is 272 g/mol. The summed E-state index contributed by atoms with van der Waals surface area (Å²) in [4.78, 5) is 24.0. The molecule has 1 fully saturated rings. The molecule has 0 aliphatic carbocycles. The molecule has 0 aromatic heterocycles. The highest BCUT2D eigenvalue weighted by Gasteiger charge is 2.29. The maximum Gasteiger partial charge on any atom is 0.274 e. The van der Waals surface area contributed by atoms with Crippen LogP contribution in [0.5, 0.6) is 0 Å². The van der Waals surface area contributed by atoms with Crippen molar-refractivity contribution in [1.29, 1.82) is 0 Å². The van der Waals surface area contributed by atoms with Crippen LogP contribution in [0.1, 0.15) is 29.3 Å². The van der Waals surface area contributed by atoms with Crippen LogP contribution in [0.15, 0.2) is 18.2 Å². The third-order valence-corrected chi connectivity index (χ3v) is 4.06. The van der Waals surface area contributed by atoms with Gasteiger partial charge in [-0.2, -0.15) is 0 Å². The molecule has 4 N–H and O–H groups in total. The zero-order valence-electron chi connectivity index (χ0n) is 12.0. The zero-order chi connectivity index (χ0) is 15.6. The van der Waals surface area contributed by atoms with Gasteiger partial charge in [-0.25, -0.2) is 0 Å². The number of nitro benzene ring substituents is 1. The van der Waals surface area contributed by atoms with Crippen molar-refractivity contribution in [2.24, 2.45) is 17.4 Å². The van der Waals surface area contributed by atoms with E-state index in [1.165, 1.54) is 12.1 Å². The number of hydrogen-bond donors (Lipinski definition) is 2. The first kappa shape index (κ1) is 15.4. The lowest BCUT2D eigenvalue weighted by Gasteiger charge is -2.21. The Labute approximate surface area is 123 Å². The van der Waals surface area contributed by atoms with Crippen molar-refractivity contribution in [3.8, 4) is 0 Å². The Kier molecular flexibility index (Phi) is 4.54. The molecule has 0 bridgehead atoms. The second-order valence-corrected chi connectivity index (χ2v) is 5.58. The number of nitro groups is 1. The summed E-state index contributed by atoms with van der Waals surface area (Å²) < 4.78 is 0. The number of nitrogens with two attached hydrogens (primary N) is 2. The van der Waals surface area contributed by atoms with Gasteiger partial charge < -0.3 is 11.5 Å². The molecule has 0 spiro atoms. The number of benzene rings is 1. The molecule has 0 radical (unpaired) electrons. The fourth-order valence-corrected chi connectivity index (χ4v) is 2.85. The van der Waals surface area contributed by atoms with E-state index >= 15 is 0 Å². The van der Waals surface area contributed by atoms with E-state index in [9.17, 15) is 14.9 Å². The zero-order valence-corrected chi connectivity index (χ0v) is 12.0. The van der Waals surface area contributed by atoms with Crippen LogP contribution >= 0.6 is 0 Å². The van der Waals surface area contributed by atoms with E-state index in [-0.39, 0.29) is 11.3 Å². The van der Waals surface area contributed by atoms with Crippen LogP contribution < -0.4 is 11.5 Å². The van der Waals surface area contributed by atoms with Gasteiger partial charge in [0.05, 0.1) is 4.92 Å². The van der Waals surface area contributed by atoms with E-state index in [0.29, 0.717) is 30.6 Å². The summed E-state index contributed by atoms with van der Waals surface area (Å²) in [5.74, 6) is -0.230. The number of primary amides is 1. The second kappa shape index (κ2) is 6.19. The maximum atomic E-state index is 11.2.